The number of carbonyl (C=O) groups excluding carboxylic acids is 1. The van der Waals surface area contributed by atoms with E-state index < -0.39 is 0 Å². The highest BCUT2D eigenvalue weighted by atomic mass is 127. The van der Waals surface area contributed by atoms with Gasteiger partial charge >= 0.3 is 7.12 Å². The Morgan fingerprint density at radius 3 is 1.31 bits per heavy atom. The highest BCUT2D eigenvalue weighted by molar-refractivity contribution is 14.1. The van der Waals surface area contributed by atoms with Crippen LogP contribution in [0.25, 0.3) is 55.2 Å². The first-order chi connectivity index (χ1) is 58.3. The van der Waals surface area contributed by atoms with Gasteiger partial charge in [-0.15, -0.1) is 0 Å². The van der Waals surface area contributed by atoms with Gasteiger partial charge in [0, 0.05) is 104 Å². The zero-order valence-corrected chi connectivity index (χ0v) is 77.4. The molecular formula is C94H120BBr3IN15O6. The van der Waals surface area contributed by atoms with E-state index in [4.69, 9.17) is 57.3 Å². The summed E-state index contributed by atoms with van der Waals surface area (Å²) in [6, 6.07) is 60.7. The molecule has 12 N–H and O–H groups in total. The van der Waals surface area contributed by atoms with Crippen molar-refractivity contribution in [3.05, 3.63) is 231 Å². The zero-order chi connectivity index (χ0) is 86.6. The lowest BCUT2D eigenvalue weighted by atomic mass is 9.85. The quantitative estimate of drug-likeness (QED) is 0.00457. The second kappa shape index (κ2) is 57.4. The van der Waals surface area contributed by atoms with Crippen LogP contribution in [-0.2, 0) is 51.3 Å². The molecule has 0 aliphatic carbocycles. The van der Waals surface area contributed by atoms with Crippen molar-refractivity contribution in [1.29, 1.82) is 10.5 Å². The van der Waals surface area contributed by atoms with Gasteiger partial charge in [-0.1, -0.05) is 226 Å². The number of nitrogen functional groups attached to an aromatic ring is 4. The molecule has 0 saturated carbocycles. The van der Waals surface area contributed by atoms with Crippen LogP contribution in [0.5, 0.6) is 0 Å². The number of carbonyl (C=O) groups is 1. The number of halogens is 4. The van der Waals surface area contributed by atoms with Crippen molar-refractivity contribution >= 4 is 145 Å². The Morgan fingerprint density at radius 1 is 0.492 bits per heavy atom. The number of aryl methyl sites for hydroxylation is 3. The third-order valence-electron chi connectivity index (χ3n) is 19.9. The second-order valence-electron chi connectivity index (χ2n) is 29.7. The number of nitriles is 2. The van der Waals surface area contributed by atoms with E-state index in [-0.39, 0.29) is 24.9 Å². The smallest absolute Gasteiger partial charge is 0.398 e. The van der Waals surface area contributed by atoms with Gasteiger partial charge < -0.3 is 46.8 Å². The monoisotopic (exact) mass is 1930 g/mol. The molecule has 0 radical (unpaired) electrons. The largest absolute Gasteiger partial charge is 0.513 e. The number of nitrogens with two attached hydrogens (primary N) is 4. The molecule has 0 bridgehead atoms. The van der Waals surface area contributed by atoms with Crippen molar-refractivity contribution in [3.63, 3.8) is 0 Å². The first-order valence-electron chi connectivity index (χ1n) is 41.4. The van der Waals surface area contributed by atoms with Gasteiger partial charge in [0.1, 0.15) is 17.5 Å². The number of nitrogens with zero attached hydrogens (tertiary/aromatic N) is 8. The normalized spacial score (nSPS) is 12.0. The molecule has 0 unspecified atom stereocenters. The van der Waals surface area contributed by atoms with Crippen molar-refractivity contribution in [2.24, 2.45) is 0 Å². The van der Waals surface area contributed by atoms with Crippen LogP contribution in [0.15, 0.2) is 197 Å². The maximum absolute atomic E-state index is 10.2. The number of aromatic amines is 3. The number of nitrogens with one attached hydrogen (secondary N) is 3. The molecule has 21 nitrogen and oxygen atoms in total. The maximum Gasteiger partial charge on any atom is 0.513 e. The number of rotatable bonds is 35. The molecule has 0 atom stereocenters. The van der Waals surface area contributed by atoms with Crippen LogP contribution in [0.1, 0.15) is 201 Å². The molecule has 7 heterocycles. The van der Waals surface area contributed by atoms with E-state index >= 15 is 0 Å². The van der Waals surface area contributed by atoms with Gasteiger partial charge in [0.25, 0.3) is 0 Å². The molecule has 12 aromatic rings. The van der Waals surface area contributed by atoms with Gasteiger partial charge in [0.15, 0.2) is 6.29 Å². The predicted octanol–water partition coefficient (Wildman–Crippen LogP) is 22.9. The molecule has 13 rings (SSSR count). The lowest BCUT2D eigenvalue weighted by Gasteiger charge is -2.32. The van der Waals surface area contributed by atoms with Crippen LogP contribution in [0, 0.1) is 22.7 Å². The van der Waals surface area contributed by atoms with Crippen molar-refractivity contribution in [2.45, 2.75) is 207 Å². The topological polar surface area (TPSA) is 351 Å². The first-order valence-corrected chi connectivity index (χ1v) is 46.2. The van der Waals surface area contributed by atoms with Gasteiger partial charge in [0.2, 0.25) is 0 Å². The Morgan fingerprint density at radius 2 is 0.900 bits per heavy atom. The van der Waals surface area contributed by atoms with Crippen LogP contribution < -0.4 is 28.5 Å². The van der Waals surface area contributed by atoms with E-state index in [1.165, 1.54) is 56.1 Å². The lowest BCUT2D eigenvalue weighted by molar-refractivity contribution is 0.00578. The number of aldehydes is 1. The Bertz CT molecular complexity index is 4890. The summed E-state index contributed by atoms with van der Waals surface area (Å²) < 4.78 is 25.0. The first kappa shape index (κ1) is 99.9. The summed E-state index contributed by atoms with van der Waals surface area (Å²) in [4.78, 5) is 25.9. The molecule has 120 heavy (non-hydrogen) atoms. The number of alkyl halides is 2. The van der Waals surface area contributed by atoms with Crippen LogP contribution in [0.3, 0.4) is 0 Å². The molecule has 1 aliphatic heterocycles. The van der Waals surface area contributed by atoms with Gasteiger partial charge in [-0.25, -0.2) is 15.0 Å². The number of hydrogen-bond donors (Lipinski definition) is 8. The molecule has 0 amide bonds. The summed E-state index contributed by atoms with van der Waals surface area (Å²) in [5.74, 6) is 1.86. The highest BCUT2D eigenvalue weighted by Crippen LogP contribution is 2.37. The predicted molar refractivity (Wildman–Crippen MR) is 513 cm³/mol. The summed E-state index contributed by atoms with van der Waals surface area (Å²) in [5, 5.41) is 50.2. The average Bonchev–Trinajstić information content (AvgIpc) is 1.50. The molecule has 26 heteroatoms. The van der Waals surface area contributed by atoms with Gasteiger partial charge in [-0.2, -0.15) is 25.8 Å². The summed E-state index contributed by atoms with van der Waals surface area (Å²) in [6.07, 6.45) is 30.6. The fourth-order valence-corrected chi connectivity index (χ4v) is 13.5. The van der Waals surface area contributed by atoms with Crippen LogP contribution in [-0.4, -0.2) is 105 Å². The second-order valence-corrected chi connectivity index (χ2v) is 32.4. The summed E-state index contributed by atoms with van der Waals surface area (Å²) in [6.45, 7) is 13.5. The standard InChI is InChI=1S/C24H26N4O.C21H23BrN2O.C17H20N4O.C9H15BN2O2.C8H15N.C7H6BrNO.C7H12BrN.CH3I/c25-24-21(9-5-2-6-14-29-17-18-7-3-1-4-8-18)15-19-10-11-20(16-23(19)27-24)22-12-13-26-28-22;22-19-11-10-17-13-18(21(23)24-20(17)14-19)9-5-2-6-12-25-15-16-7-3-1-4-8-16;18-17-14(4-2-1-3-9-22)10-12-5-6-13(11-16(12)20-17)15-7-8-19-21-15;1-8(2)9(3,4)14-10(13-8)7-5-6-11-12-7;1-2-3-4-5-6-7-8-9;8-6-2-1-5(4-10)7(9)3-6;8-6-4-2-1-3-5-7-9;1-2/h1,3-4,7-8,10-13,15-16H,2,5-6,9,14,17H2,(H2,25,27)(H,26,28);1,3-4,7-8,10-11,13-14H,2,5-6,9,12,15H2,(H2,23,24);5-8,10-11,22H,1-4,9H2,(H2,18,20)(H,19,21);5-6H,1-4H3,(H,11,12);2-7H2,1H3;1-4H,9H2;1-6H2;1H3. The minimum Gasteiger partial charge on any atom is -0.398 e. The van der Waals surface area contributed by atoms with E-state index in [9.17, 15) is 4.79 Å². The number of aliphatic hydroxyl groups is 1. The van der Waals surface area contributed by atoms with E-state index in [0.29, 0.717) is 41.9 Å². The zero-order valence-electron chi connectivity index (χ0n) is 70.4. The number of unbranched alkanes of at least 4 members (excludes halogenated alkanes) is 15. The summed E-state index contributed by atoms with van der Waals surface area (Å²) >= 11 is 12.2. The van der Waals surface area contributed by atoms with Crippen molar-refractivity contribution in [2.75, 3.05) is 53.0 Å². The Labute approximate surface area is 749 Å². The molecule has 1 fully saturated rings. The summed E-state index contributed by atoms with van der Waals surface area (Å²) in [5.41, 5.74) is 37.8. The highest BCUT2D eigenvalue weighted by Gasteiger charge is 2.52. The van der Waals surface area contributed by atoms with Crippen molar-refractivity contribution < 1.29 is 28.7 Å². The summed E-state index contributed by atoms with van der Waals surface area (Å²) in [7, 11) is -0.331. The minimum absolute atomic E-state index is 0.252. The van der Waals surface area contributed by atoms with E-state index in [1.54, 1.807) is 36.8 Å². The number of hydrogen-bond acceptors (Lipinski definition) is 18. The maximum atomic E-state index is 10.2. The molecule has 1 saturated heterocycles. The van der Waals surface area contributed by atoms with Crippen LogP contribution >= 0.6 is 70.4 Å². The number of fused-ring (bicyclic) bond motifs is 3. The number of anilines is 4. The number of pyridine rings is 3. The molecule has 1 aliphatic rings. The Balaban J connectivity index is 0.000000226. The van der Waals surface area contributed by atoms with E-state index in [0.717, 1.165) is 214 Å². The van der Waals surface area contributed by atoms with E-state index in [2.05, 4.69) is 208 Å². The Hall–Kier alpha value is -8.94. The van der Waals surface area contributed by atoms with Gasteiger partial charge in [-0.3, -0.25) is 20.1 Å². The van der Waals surface area contributed by atoms with Crippen molar-refractivity contribution in [1.82, 2.24) is 45.5 Å². The minimum atomic E-state index is -0.331. The third-order valence-corrected chi connectivity index (χ3v) is 21.5. The van der Waals surface area contributed by atoms with Gasteiger partial charge in [-0.05, 0) is 216 Å². The lowest BCUT2D eigenvalue weighted by Crippen LogP contribution is -2.41. The molecule has 6 aromatic heterocycles. The number of ether oxygens (including phenoxy) is 2. The molecular weight excluding hydrogens is 1810 g/mol. The molecule has 6 aromatic carbocycles. The average molecular weight is 1930 g/mol. The fourth-order valence-electron chi connectivity index (χ4n) is 12.4. The Kier molecular flexibility index (Phi) is 47.8. The van der Waals surface area contributed by atoms with Crippen LogP contribution in [0.4, 0.5) is 23.1 Å². The SMILES string of the molecule is CC1(C)OB(c2ccn[nH]2)OC1(C)C.CCCCCCCC#N.CI.N#CCCCCCCBr.Nc1cc(Br)ccc1C=O.Nc1nc2cc(-c3ccn[nH]3)ccc2cc1CCCCCO.Nc1nc2cc(-c3ccn[nH]3)ccc2cc1CCCCCOCc1ccccc1.Nc1nc2cc(Br)ccc2cc1CCCCCOCc1ccccc1. The van der Waals surface area contributed by atoms with Gasteiger partial charge in [0.05, 0.1) is 70.1 Å². The third kappa shape index (κ3) is 36.4. The number of H-pyrrole nitrogens is 3. The van der Waals surface area contributed by atoms with Crippen LogP contribution in [0.2, 0.25) is 0 Å². The number of aliphatic hydroxyl groups excluding tert-OH is 1. The van der Waals surface area contributed by atoms with Crippen molar-refractivity contribution in [3.8, 4) is 34.7 Å². The fraction of sp³-hybridized carbons (Fsp3) is 0.394. The van der Waals surface area contributed by atoms with E-state index in [1.807, 2.05) is 111 Å². The molecule has 0 spiro atoms. The molecule has 638 valence electrons. The number of benzene rings is 6. The number of aromatic nitrogens is 9.